The van der Waals surface area contributed by atoms with Gasteiger partial charge in [-0.05, 0) is 31.0 Å². The molecule has 2 saturated heterocycles. The molecule has 2 fully saturated rings. The lowest BCUT2D eigenvalue weighted by atomic mass is 9.78. The molecule has 4 atom stereocenters. The molecule has 0 aliphatic carbocycles. The number of ether oxygens (including phenoxy) is 1. The average molecular weight is 365 g/mol. The van der Waals surface area contributed by atoms with Crippen molar-refractivity contribution in [2.24, 2.45) is 11.8 Å². The monoisotopic (exact) mass is 364 g/mol. The first kappa shape index (κ1) is 17.9. The Labute approximate surface area is 151 Å². The molecule has 3 rings (SSSR count). The van der Waals surface area contributed by atoms with Crippen molar-refractivity contribution < 1.29 is 19.1 Å². The number of amides is 2. The van der Waals surface area contributed by atoms with Gasteiger partial charge in [0.2, 0.25) is 11.8 Å². The molecular formula is C18H21ClN2O4. The quantitative estimate of drug-likeness (QED) is 0.652. The summed E-state index contributed by atoms with van der Waals surface area (Å²) in [5, 5.41) is 3.85. The molecule has 1 aromatic carbocycles. The molecule has 2 aliphatic rings. The van der Waals surface area contributed by atoms with Crippen LogP contribution in [0.25, 0.3) is 0 Å². The summed E-state index contributed by atoms with van der Waals surface area (Å²) in [5.41, 5.74) is -0.391. The fourth-order valence-electron chi connectivity index (χ4n) is 4.02. The summed E-state index contributed by atoms with van der Waals surface area (Å²) >= 11 is 5.96. The van der Waals surface area contributed by atoms with Gasteiger partial charge in [-0.1, -0.05) is 30.7 Å². The van der Waals surface area contributed by atoms with Gasteiger partial charge in [0.25, 0.3) is 0 Å². The van der Waals surface area contributed by atoms with Crippen LogP contribution in [0.15, 0.2) is 24.3 Å². The number of halogens is 1. The van der Waals surface area contributed by atoms with E-state index >= 15 is 0 Å². The Bertz CT molecular complexity index is 720. The van der Waals surface area contributed by atoms with Crippen LogP contribution in [0.5, 0.6) is 0 Å². The fourth-order valence-corrected chi connectivity index (χ4v) is 4.15. The molecule has 2 aliphatic heterocycles. The van der Waals surface area contributed by atoms with Gasteiger partial charge in [0.1, 0.15) is 5.54 Å². The van der Waals surface area contributed by atoms with Crippen molar-refractivity contribution in [3.63, 3.8) is 0 Å². The zero-order valence-corrected chi connectivity index (χ0v) is 15.2. The molecule has 0 saturated carbocycles. The third-order valence-electron chi connectivity index (χ3n) is 5.30. The van der Waals surface area contributed by atoms with Gasteiger partial charge in [0, 0.05) is 18.1 Å². The molecular weight excluding hydrogens is 344 g/mol. The highest BCUT2D eigenvalue weighted by Gasteiger charge is 2.67. The van der Waals surface area contributed by atoms with Gasteiger partial charge in [-0.15, -0.1) is 0 Å². The highest BCUT2D eigenvalue weighted by Crippen LogP contribution is 2.50. The Morgan fingerprint density at radius 2 is 1.88 bits per heavy atom. The number of carbonyl (C=O) groups is 3. The van der Waals surface area contributed by atoms with Crippen LogP contribution in [0.4, 0.5) is 0 Å². The summed E-state index contributed by atoms with van der Waals surface area (Å²) in [4.78, 5) is 39.3. The van der Waals surface area contributed by atoms with Crippen molar-refractivity contribution in [2.45, 2.75) is 31.8 Å². The summed E-state index contributed by atoms with van der Waals surface area (Å²) < 4.78 is 5.25. The van der Waals surface area contributed by atoms with Crippen LogP contribution in [-0.2, 0) is 19.1 Å². The topological polar surface area (TPSA) is 75.7 Å². The molecule has 2 amide bonds. The SMILES string of the molecule is CCOC(=O)[C@]1(CC)N[C@H](c2ccc(Cl)cc2)[C@H]2C(=O)N(C)C(=O)[C@@H]21. The number of nitrogens with one attached hydrogen (secondary N) is 1. The normalized spacial score (nSPS) is 31.4. The third kappa shape index (κ3) is 2.55. The van der Waals surface area contributed by atoms with Gasteiger partial charge in [-0.3, -0.25) is 24.6 Å². The van der Waals surface area contributed by atoms with Crippen molar-refractivity contribution in [1.82, 2.24) is 10.2 Å². The zero-order valence-electron chi connectivity index (χ0n) is 14.4. The van der Waals surface area contributed by atoms with Crippen molar-refractivity contribution in [3.05, 3.63) is 34.9 Å². The van der Waals surface area contributed by atoms with E-state index in [2.05, 4.69) is 5.32 Å². The summed E-state index contributed by atoms with van der Waals surface area (Å²) in [5.74, 6) is -2.51. The number of benzene rings is 1. The van der Waals surface area contributed by atoms with Gasteiger partial charge in [-0.2, -0.15) is 0 Å². The minimum atomic E-state index is -1.21. The van der Waals surface area contributed by atoms with Crippen LogP contribution >= 0.6 is 11.6 Å². The molecule has 25 heavy (non-hydrogen) atoms. The van der Waals surface area contributed by atoms with Crippen LogP contribution in [0.2, 0.25) is 5.02 Å². The van der Waals surface area contributed by atoms with E-state index < -0.39 is 29.4 Å². The Kier molecular flexibility index (Phi) is 4.60. The molecule has 0 spiro atoms. The molecule has 134 valence electrons. The lowest BCUT2D eigenvalue weighted by Crippen LogP contribution is -2.55. The van der Waals surface area contributed by atoms with E-state index in [1.54, 1.807) is 19.1 Å². The van der Waals surface area contributed by atoms with E-state index in [-0.39, 0.29) is 18.4 Å². The maximum absolute atomic E-state index is 12.7. The van der Waals surface area contributed by atoms with Gasteiger partial charge in [0.05, 0.1) is 18.4 Å². The largest absolute Gasteiger partial charge is 0.465 e. The maximum atomic E-state index is 12.7. The number of hydrogen-bond donors (Lipinski definition) is 1. The van der Waals surface area contributed by atoms with E-state index in [9.17, 15) is 14.4 Å². The van der Waals surface area contributed by atoms with Gasteiger partial charge < -0.3 is 4.74 Å². The molecule has 1 aromatic rings. The fraction of sp³-hybridized carbons (Fsp3) is 0.500. The van der Waals surface area contributed by atoms with Crippen LogP contribution in [0.3, 0.4) is 0 Å². The molecule has 0 radical (unpaired) electrons. The van der Waals surface area contributed by atoms with Crippen molar-refractivity contribution in [2.75, 3.05) is 13.7 Å². The molecule has 0 aromatic heterocycles. The number of esters is 1. The molecule has 2 heterocycles. The maximum Gasteiger partial charge on any atom is 0.327 e. The second-order valence-electron chi connectivity index (χ2n) is 6.46. The van der Waals surface area contributed by atoms with Crippen LogP contribution < -0.4 is 5.32 Å². The van der Waals surface area contributed by atoms with Gasteiger partial charge in [0.15, 0.2) is 0 Å². The highest BCUT2D eigenvalue weighted by molar-refractivity contribution is 6.30. The summed E-state index contributed by atoms with van der Waals surface area (Å²) in [7, 11) is 1.47. The lowest BCUT2D eigenvalue weighted by Gasteiger charge is -2.31. The van der Waals surface area contributed by atoms with E-state index in [0.29, 0.717) is 11.4 Å². The van der Waals surface area contributed by atoms with Gasteiger partial charge in [-0.25, -0.2) is 0 Å². The van der Waals surface area contributed by atoms with Crippen LogP contribution in [0, 0.1) is 11.8 Å². The van der Waals surface area contributed by atoms with Crippen LogP contribution in [0.1, 0.15) is 31.9 Å². The minimum Gasteiger partial charge on any atom is -0.465 e. The number of likely N-dealkylation sites (tertiary alicyclic amines) is 1. The molecule has 0 unspecified atom stereocenters. The Hall–Kier alpha value is -1.92. The summed E-state index contributed by atoms with van der Waals surface area (Å²) in [6.45, 7) is 3.75. The van der Waals surface area contributed by atoms with Crippen molar-refractivity contribution >= 4 is 29.4 Å². The second kappa shape index (κ2) is 6.42. The Balaban J connectivity index is 2.10. The molecule has 6 nitrogen and oxygen atoms in total. The van der Waals surface area contributed by atoms with Gasteiger partial charge >= 0.3 is 5.97 Å². The summed E-state index contributed by atoms with van der Waals surface area (Å²) in [6, 6.07) is 6.63. The first-order valence-corrected chi connectivity index (χ1v) is 8.77. The van der Waals surface area contributed by atoms with E-state index in [4.69, 9.17) is 16.3 Å². The zero-order chi connectivity index (χ0) is 18.4. The average Bonchev–Trinajstić information content (AvgIpc) is 3.06. The predicted molar refractivity (Wildman–Crippen MR) is 91.7 cm³/mol. The highest BCUT2D eigenvalue weighted by atomic mass is 35.5. The predicted octanol–water partition coefficient (Wildman–Crippen LogP) is 1.93. The summed E-state index contributed by atoms with van der Waals surface area (Å²) in [6.07, 6.45) is 0.351. The Morgan fingerprint density at radius 3 is 2.44 bits per heavy atom. The lowest BCUT2D eigenvalue weighted by molar-refractivity contribution is -0.156. The molecule has 0 bridgehead atoms. The standard InChI is InChI=1S/C18H21ClN2O4/c1-4-18(17(24)25-5-2)13-12(15(22)21(3)16(13)23)14(20-18)10-6-8-11(19)9-7-10/h6-9,12-14,20H,4-5H2,1-3H3/t12-,13+,14+,18+/m0/s1. The molecule has 7 heteroatoms. The minimum absolute atomic E-state index is 0.212. The number of rotatable bonds is 4. The first-order valence-electron chi connectivity index (χ1n) is 8.39. The number of imide groups is 1. The Morgan fingerprint density at radius 1 is 1.24 bits per heavy atom. The van der Waals surface area contributed by atoms with E-state index in [1.165, 1.54) is 7.05 Å². The number of carbonyl (C=O) groups excluding carboxylic acids is 3. The van der Waals surface area contributed by atoms with E-state index in [0.717, 1.165) is 10.5 Å². The second-order valence-corrected chi connectivity index (χ2v) is 6.89. The van der Waals surface area contributed by atoms with E-state index in [1.807, 2.05) is 19.1 Å². The van der Waals surface area contributed by atoms with Crippen molar-refractivity contribution in [1.29, 1.82) is 0 Å². The number of hydrogen-bond acceptors (Lipinski definition) is 5. The van der Waals surface area contributed by atoms with Crippen molar-refractivity contribution in [3.8, 4) is 0 Å². The number of nitrogens with zero attached hydrogens (tertiary/aromatic N) is 1. The molecule has 1 N–H and O–H groups in total. The first-order chi connectivity index (χ1) is 11.9. The third-order valence-corrected chi connectivity index (χ3v) is 5.55. The smallest absolute Gasteiger partial charge is 0.327 e. The van der Waals surface area contributed by atoms with Crippen LogP contribution in [-0.4, -0.2) is 41.9 Å². The number of fused-ring (bicyclic) bond motifs is 1.